The lowest BCUT2D eigenvalue weighted by Crippen LogP contribution is -2.41. The molecule has 2 rings (SSSR count). The van der Waals surface area contributed by atoms with Gasteiger partial charge in [-0.2, -0.15) is 0 Å². The molecule has 8 heteroatoms. The summed E-state index contributed by atoms with van der Waals surface area (Å²) in [6.07, 6.45) is 0. The van der Waals surface area contributed by atoms with Crippen LogP contribution in [0.15, 0.2) is 29.2 Å². The summed E-state index contributed by atoms with van der Waals surface area (Å²) >= 11 is 0.961. The van der Waals surface area contributed by atoms with Gasteiger partial charge in [-0.05, 0) is 0 Å². The minimum atomic E-state index is -1.21. The minimum Gasteiger partial charge on any atom is -0.504 e. The third-order valence-electron chi connectivity index (χ3n) is 3.16. The Balaban J connectivity index is 2.40. The van der Waals surface area contributed by atoms with E-state index in [0.29, 0.717) is 10.8 Å². The Morgan fingerprint density at radius 1 is 1.09 bits per heavy atom. The highest BCUT2D eigenvalue weighted by Gasteiger charge is 2.23. The van der Waals surface area contributed by atoms with Crippen LogP contribution in [0, 0.1) is 0 Å². The molecule has 0 aliphatic rings. The number of benzene rings is 2. The molecule has 0 fully saturated rings. The number of amides is 1. The van der Waals surface area contributed by atoms with Gasteiger partial charge < -0.3 is 25.7 Å². The molecule has 0 aliphatic heterocycles. The van der Waals surface area contributed by atoms with Crippen molar-refractivity contribution in [1.82, 2.24) is 5.32 Å². The van der Waals surface area contributed by atoms with Gasteiger partial charge in [-0.25, -0.2) is 4.79 Å². The first-order chi connectivity index (χ1) is 10.8. The van der Waals surface area contributed by atoms with Crippen LogP contribution in [0.25, 0.3) is 10.8 Å². The van der Waals surface area contributed by atoms with E-state index in [4.69, 9.17) is 5.11 Å². The average molecular weight is 337 g/mol. The Kier molecular flexibility index (Phi) is 4.85. The van der Waals surface area contributed by atoms with Gasteiger partial charge in [0.15, 0.2) is 11.5 Å². The summed E-state index contributed by atoms with van der Waals surface area (Å²) < 4.78 is 0. The number of carboxylic acids is 1. The molecular formula is C15H15NO6S. The number of hydrogen-bond acceptors (Lipinski definition) is 6. The van der Waals surface area contributed by atoms with Gasteiger partial charge in [0.25, 0.3) is 0 Å². The molecule has 0 bridgehead atoms. The molecule has 0 saturated heterocycles. The summed E-state index contributed by atoms with van der Waals surface area (Å²) in [5.41, 5.74) is 0. The second-order valence-corrected chi connectivity index (χ2v) is 5.85. The average Bonchev–Trinajstić information content (AvgIpc) is 2.51. The molecular weight excluding hydrogens is 322 g/mol. The normalized spacial score (nSPS) is 12.0. The molecule has 2 aromatic rings. The Labute approximate surface area is 135 Å². The van der Waals surface area contributed by atoms with Crippen molar-refractivity contribution >= 4 is 34.4 Å². The van der Waals surface area contributed by atoms with Crippen molar-refractivity contribution in [3.8, 4) is 17.2 Å². The van der Waals surface area contributed by atoms with E-state index < -0.39 is 35.2 Å². The molecule has 23 heavy (non-hydrogen) atoms. The van der Waals surface area contributed by atoms with Gasteiger partial charge in [-0.1, -0.05) is 24.3 Å². The fourth-order valence-corrected chi connectivity index (χ4v) is 3.22. The number of rotatable bonds is 5. The zero-order valence-corrected chi connectivity index (χ0v) is 12.9. The predicted octanol–water partition coefficient (Wildman–Crippen LogP) is 1.64. The maximum atomic E-state index is 11.1. The van der Waals surface area contributed by atoms with E-state index in [9.17, 15) is 24.9 Å². The van der Waals surface area contributed by atoms with Crippen molar-refractivity contribution in [1.29, 1.82) is 0 Å². The Bertz CT molecular complexity index is 776. The van der Waals surface area contributed by atoms with Crippen LogP contribution in [0.5, 0.6) is 17.2 Å². The predicted molar refractivity (Wildman–Crippen MR) is 84.9 cm³/mol. The number of hydrogen-bond donors (Lipinski definition) is 5. The Hall–Kier alpha value is -2.61. The molecule has 1 atom stereocenters. The van der Waals surface area contributed by atoms with E-state index >= 15 is 0 Å². The third kappa shape index (κ3) is 3.42. The number of fused-ring (bicyclic) bond motifs is 1. The lowest BCUT2D eigenvalue weighted by atomic mass is 10.1. The highest BCUT2D eigenvalue weighted by molar-refractivity contribution is 7.99. The molecule has 5 N–H and O–H groups in total. The molecule has 0 heterocycles. The van der Waals surface area contributed by atoms with E-state index in [1.807, 2.05) is 0 Å². The molecule has 1 unspecified atom stereocenters. The lowest BCUT2D eigenvalue weighted by molar-refractivity contribution is -0.140. The van der Waals surface area contributed by atoms with Crippen molar-refractivity contribution in [3.63, 3.8) is 0 Å². The maximum absolute atomic E-state index is 11.1. The SMILES string of the molecule is CC(=O)NC(CSc1c(O)c(O)c(O)c2ccccc12)C(=O)O. The number of thioether (sulfide) groups is 1. The molecule has 0 aromatic heterocycles. The lowest BCUT2D eigenvalue weighted by Gasteiger charge is -2.16. The number of nitrogens with one attached hydrogen (secondary N) is 1. The topological polar surface area (TPSA) is 127 Å². The van der Waals surface area contributed by atoms with Crippen molar-refractivity contribution < 1.29 is 30.0 Å². The quantitative estimate of drug-likeness (QED) is 0.414. The van der Waals surface area contributed by atoms with Gasteiger partial charge in [0.2, 0.25) is 11.7 Å². The molecule has 1 amide bonds. The minimum absolute atomic E-state index is 0.0588. The van der Waals surface area contributed by atoms with E-state index in [2.05, 4.69) is 5.32 Å². The summed E-state index contributed by atoms with van der Waals surface area (Å²) in [5.74, 6) is -3.40. The van der Waals surface area contributed by atoms with Crippen LogP contribution >= 0.6 is 11.8 Å². The van der Waals surface area contributed by atoms with E-state index in [1.165, 1.54) is 6.92 Å². The van der Waals surface area contributed by atoms with E-state index in [0.717, 1.165) is 11.8 Å². The fraction of sp³-hybridized carbons (Fsp3) is 0.200. The molecule has 0 radical (unpaired) electrons. The van der Waals surface area contributed by atoms with Crippen LogP contribution in [-0.4, -0.2) is 44.1 Å². The number of carbonyl (C=O) groups is 2. The largest absolute Gasteiger partial charge is 0.504 e. The van der Waals surface area contributed by atoms with Crippen LogP contribution in [0.3, 0.4) is 0 Å². The maximum Gasteiger partial charge on any atom is 0.327 e. The van der Waals surface area contributed by atoms with Gasteiger partial charge in [0.1, 0.15) is 6.04 Å². The van der Waals surface area contributed by atoms with Gasteiger partial charge in [-0.15, -0.1) is 11.8 Å². The highest BCUT2D eigenvalue weighted by Crippen LogP contribution is 2.48. The van der Waals surface area contributed by atoms with Crippen LogP contribution in [0.4, 0.5) is 0 Å². The van der Waals surface area contributed by atoms with Crippen LogP contribution < -0.4 is 5.32 Å². The number of aromatic hydroxyl groups is 3. The summed E-state index contributed by atoms with van der Waals surface area (Å²) in [5, 5.41) is 41.9. The molecule has 0 saturated carbocycles. The first-order valence-electron chi connectivity index (χ1n) is 6.61. The zero-order chi connectivity index (χ0) is 17.1. The second-order valence-electron chi connectivity index (χ2n) is 4.82. The fourth-order valence-electron chi connectivity index (χ4n) is 2.10. The number of carboxylic acid groups (broad SMARTS) is 1. The van der Waals surface area contributed by atoms with E-state index in [1.54, 1.807) is 24.3 Å². The van der Waals surface area contributed by atoms with Gasteiger partial charge in [0, 0.05) is 23.4 Å². The molecule has 2 aromatic carbocycles. The summed E-state index contributed by atoms with van der Waals surface area (Å²) in [6.45, 7) is 1.21. The highest BCUT2D eigenvalue weighted by atomic mass is 32.2. The summed E-state index contributed by atoms with van der Waals surface area (Å²) in [6, 6.07) is 5.39. The molecule has 0 aliphatic carbocycles. The van der Waals surface area contributed by atoms with Gasteiger partial charge >= 0.3 is 5.97 Å². The molecule has 0 spiro atoms. The van der Waals surface area contributed by atoms with Crippen molar-refractivity contribution in [2.75, 3.05) is 5.75 Å². The third-order valence-corrected chi connectivity index (χ3v) is 4.36. The Morgan fingerprint density at radius 2 is 1.70 bits per heavy atom. The molecule has 7 nitrogen and oxygen atoms in total. The van der Waals surface area contributed by atoms with Gasteiger partial charge in [-0.3, -0.25) is 4.79 Å². The van der Waals surface area contributed by atoms with Crippen molar-refractivity contribution in [3.05, 3.63) is 24.3 Å². The first-order valence-corrected chi connectivity index (χ1v) is 7.59. The number of phenols is 3. The number of carbonyl (C=O) groups excluding carboxylic acids is 1. The van der Waals surface area contributed by atoms with Crippen LogP contribution in [-0.2, 0) is 9.59 Å². The summed E-state index contributed by atoms with van der Waals surface area (Å²) in [7, 11) is 0. The van der Waals surface area contributed by atoms with Crippen molar-refractivity contribution in [2.24, 2.45) is 0 Å². The second kappa shape index (κ2) is 6.66. The van der Waals surface area contributed by atoms with Crippen LogP contribution in [0.1, 0.15) is 6.92 Å². The van der Waals surface area contributed by atoms with Crippen molar-refractivity contribution in [2.45, 2.75) is 17.9 Å². The number of aliphatic carboxylic acids is 1. The zero-order valence-electron chi connectivity index (χ0n) is 12.1. The monoisotopic (exact) mass is 337 g/mol. The number of phenolic OH excluding ortho intramolecular Hbond substituents is 3. The first kappa shape index (κ1) is 16.8. The standard InChI is InChI=1S/C15H15NO6S/c1-7(17)16-10(15(21)22)6-23-14-9-5-3-2-4-8(9)11(18)12(19)13(14)20/h2-5,10,18-20H,6H2,1H3,(H,16,17)(H,21,22). The summed E-state index contributed by atoms with van der Waals surface area (Å²) in [4.78, 5) is 22.4. The molecule has 122 valence electrons. The van der Waals surface area contributed by atoms with Gasteiger partial charge in [0.05, 0.1) is 4.90 Å². The Morgan fingerprint density at radius 3 is 2.26 bits per heavy atom. The smallest absolute Gasteiger partial charge is 0.327 e. The van der Waals surface area contributed by atoms with Crippen LogP contribution in [0.2, 0.25) is 0 Å². The van der Waals surface area contributed by atoms with E-state index in [-0.39, 0.29) is 10.6 Å².